The highest BCUT2D eigenvalue weighted by molar-refractivity contribution is 6.06. The van der Waals surface area contributed by atoms with Crippen LogP contribution >= 0.6 is 0 Å². The number of nitrogens with zero attached hydrogens (tertiary/aromatic N) is 1. The lowest BCUT2D eigenvalue weighted by Gasteiger charge is -2.34. The van der Waals surface area contributed by atoms with Crippen molar-refractivity contribution in [3.63, 3.8) is 0 Å². The third kappa shape index (κ3) is 2.75. The van der Waals surface area contributed by atoms with Crippen LogP contribution in [0.5, 0.6) is 0 Å². The average Bonchev–Trinajstić information content (AvgIpc) is 3.04. The van der Waals surface area contributed by atoms with Gasteiger partial charge >= 0.3 is 0 Å². The van der Waals surface area contributed by atoms with Crippen LogP contribution in [0.4, 0.5) is 0 Å². The topological polar surface area (TPSA) is 49.4 Å². The first kappa shape index (κ1) is 15.0. The Kier molecular flexibility index (Phi) is 4.34. The Morgan fingerprint density at radius 3 is 2.43 bits per heavy atom. The number of carbonyl (C=O) groups excluding carboxylic acids is 2. The van der Waals surface area contributed by atoms with Crippen LogP contribution in [0.3, 0.4) is 0 Å². The van der Waals surface area contributed by atoms with Crippen molar-refractivity contribution in [2.24, 2.45) is 5.41 Å². The Hall–Kier alpha value is -0.900. The van der Waals surface area contributed by atoms with Crippen molar-refractivity contribution in [1.82, 2.24) is 10.2 Å². The third-order valence-electron chi connectivity index (χ3n) is 5.74. The lowest BCUT2D eigenvalue weighted by Crippen LogP contribution is -2.46. The summed E-state index contributed by atoms with van der Waals surface area (Å²) >= 11 is 0. The molecule has 2 saturated carbocycles. The Bertz CT molecular complexity index is 407. The van der Waals surface area contributed by atoms with Gasteiger partial charge in [-0.25, -0.2) is 0 Å². The first-order valence-electron chi connectivity index (χ1n) is 8.76. The molecule has 4 nitrogen and oxygen atoms in total. The van der Waals surface area contributed by atoms with Crippen molar-refractivity contribution in [2.45, 2.75) is 83.2 Å². The summed E-state index contributed by atoms with van der Waals surface area (Å²) in [5.41, 5.74) is -0.297. The molecule has 0 radical (unpaired) electrons. The van der Waals surface area contributed by atoms with E-state index in [1.807, 2.05) is 0 Å². The molecule has 1 aliphatic heterocycles. The van der Waals surface area contributed by atoms with Crippen LogP contribution in [0.1, 0.15) is 71.1 Å². The highest BCUT2D eigenvalue weighted by atomic mass is 16.2. The van der Waals surface area contributed by atoms with Crippen molar-refractivity contribution in [3.8, 4) is 0 Å². The molecule has 0 aromatic rings. The van der Waals surface area contributed by atoms with Gasteiger partial charge in [0, 0.05) is 18.5 Å². The van der Waals surface area contributed by atoms with Crippen molar-refractivity contribution in [2.75, 3.05) is 6.54 Å². The van der Waals surface area contributed by atoms with E-state index in [2.05, 4.69) is 12.2 Å². The molecule has 0 bridgehead atoms. The van der Waals surface area contributed by atoms with E-state index in [-0.39, 0.29) is 23.3 Å². The predicted molar refractivity (Wildman–Crippen MR) is 81.7 cm³/mol. The molecule has 21 heavy (non-hydrogen) atoms. The summed E-state index contributed by atoms with van der Waals surface area (Å²) in [6.07, 6.45) is 9.88. The first-order valence-corrected chi connectivity index (χ1v) is 8.76. The molecule has 1 N–H and O–H groups in total. The number of amides is 2. The van der Waals surface area contributed by atoms with Gasteiger partial charge in [0.15, 0.2) is 0 Å². The Morgan fingerprint density at radius 2 is 1.81 bits per heavy atom. The van der Waals surface area contributed by atoms with Gasteiger partial charge in [-0.15, -0.1) is 0 Å². The summed E-state index contributed by atoms with van der Waals surface area (Å²) in [7, 11) is 0. The number of likely N-dealkylation sites (tertiary alicyclic amines) is 1. The standard InChI is InChI=1S/C17H28N2O2/c1-2-11-18-13-5-7-14(8-6-13)19-15(20)12-17(16(19)21)9-3-4-10-17/h13-14,18H,2-12H2,1H3. The van der Waals surface area contributed by atoms with E-state index in [0.29, 0.717) is 12.5 Å². The fourth-order valence-electron chi connectivity index (χ4n) is 4.52. The number of nitrogens with one attached hydrogen (secondary N) is 1. The van der Waals surface area contributed by atoms with Gasteiger partial charge in [0.25, 0.3) is 0 Å². The van der Waals surface area contributed by atoms with E-state index in [4.69, 9.17) is 0 Å². The van der Waals surface area contributed by atoms with Crippen molar-refractivity contribution < 1.29 is 9.59 Å². The summed E-state index contributed by atoms with van der Waals surface area (Å²) in [6.45, 7) is 3.25. The molecule has 2 aliphatic carbocycles. The predicted octanol–water partition coefficient (Wildman–Crippen LogP) is 2.62. The minimum absolute atomic E-state index is 0.104. The zero-order valence-corrected chi connectivity index (χ0v) is 13.2. The van der Waals surface area contributed by atoms with E-state index < -0.39 is 0 Å². The highest BCUT2D eigenvalue weighted by Gasteiger charge is 2.54. The third-order valence-corrected chi connectivity index (χ3v) is 5.74. The summed E-state index contributed by atoms with van der Waals surface area (Å²) in [6, 6.07) is 0.749. The molecule has 1 saturated heterocycles. The van der Waals surface area contributed by atoms with Crippen LogP contribution < -0.4 is 5.32 Å². The van der Waals surface area contributed by atoms with Gasteiger partial charge in [-0.1, -0.05) is 19.8 Å². The summed E-state index contributed by atoms with van der Waals surface area (Å²) in [5.74, 6) is 0.266. The van der Waals surface area contributed by atoms with E-state index in [1.54, 1.807) is 4.90 Å². The normalized spacial score (nSPS) is 32.3. The van der Waals surface area contributed by atoms with Gasteiger partial charge in [0.05, 0.1) is 5.41 Å². The monoisotopic (exact) mass is 292 g/mol. The fourth-order valence-corrected chi connectivity index (χ4v) is 4.52. The summed E-state index contributed by atoms with van der Waals surface area (Å²) < 4.78 is 0. The van der Waals surface area contributed by atoms with Crippen LogP contribution in [0.15, 0.2) is 0 Å². The summed E-state index contributed by atoms with van der Waals surface area (Å²) in [5, 5.41) is 3.57. The molecule has 2 amide bonds. The maximum atomic E-state index is 12.8. The van der Waals surface area contributed by atoms with Gasteiger partial charge in [-0.3, -0.25) is 14.5 Å². The highest BCUT2D eigenvalue weighted by Crippen LogP contribution is 2.48. The van der Waals surface area contributed by atoms with E-state index in [9.17, 15) is 9.59 Å². The lowest BCUT2D eigenvalue weighted by atomic mass is 9.84. The fraction of sp³-hybridized carbons (Fsp3) is 0.882. The minimum Gasteiger partial charge on any atom is -0.314 e. The maximum Gasteiger partial charge on any atom is 0.236 e. The molecule has 0 aromatic heterocycles. The van der Waals surface area contributed by atoms with Gasteiger partial charge in [-0.05, 0) is 51.5 Å². The SMILES string of the molecule is CCCNC1CCC(N2C(=O)CC3(CCCC3)C2=O)CC1. The molecule has 0 unspecified atom stereocenters. The second kappa shape index (κ2) is 6.07. The molecule has 3 rings (SSSR count). The second-order valence-corrected chi connectivity index (χ2v) is 7.19. The molecular formula is C17H28N2O2. The molecule has 3 fully saturated rings. The van der Waals surface area contributed by atoms with Crippen LogP contribution in [0.2, 0.25) is 0 Å². The number of hydrogen-bond donors (Lipinski definition) is 1. The zero-order chi connectivity index (χ0) is 14.9. The zero-order valence-electron chi connectivity index (χ0n) is 13.2. The van der Waals surface area contributed by atoms with E-state index >= 15 is 0 Å². The first-order chi connectivity index (χ1) is 10.2. The molecule has 1 spiro atoms. The second-order valence-electron chi connectivity index (χ2n) is 7.19. The van der Waals surface area contributed by atoms with Gasteiger partial charge in [0.2, 0.25) is 11.8 Å². The molecular weight excluding hydrogens is 264 g/mol. The lowest BCUT2D eigenvalue weighted by molar-refractivity contribution is -0.144. The molecule has 118 valence electrons. The molecule has 1 heterocycles. The van der Waals surface area contributed by atoms with Gasteiger partial charge < -0.3 is 5.32 Å². The van der Waals surface area contributed by atoms with Gasteiger partial charge in [-0.2, -0.15) is 0 Å². The number of imide groups is 1. The van der Waals surface area contributed by atoms with Crippen molar-refractivity contribution >= 4 is 11.8 Å². The molecule has 0 atom stereocenters. The number of carbonyl (C=O) groups is 2. The Morgan fingerprint density at radius 1 is 1.14 bits per heavy atom. The van der Waals surface area contributed by atoms with Crippen molar-refractivity contribution in [3.05, 3.63) is 0 Å². The Labute approximate surface area is 127 Å². The van der Waals surface area contributed by atoms with Crippen LogP contribution in [0, 0.1) is 5.41 Å². The average molecular weight is 292 g/mol. The van der Waals surface area contributed by atoms with E-state index in [0.717, 1.165) is 64.3 Å². The minimum atomic E-state index is -0.297. The van der Waals surface area contributed by atoms with Crippen LogP contribution in [-0.4, -0.2) is 35.3 Å². The summed E-state index contributed by atoms with van der Waals surface area (Å²) in [4.78, 5) is 26.8. The van der Waals surface area contributed by atoms with Crippen molar-refractivity contribution in [1.29, 1.82) is 0 Å². The molecule has 3 aliphatic rings. The number of hydrogen-bond acceptors (Lipinski definition) is 3. The number of rotatable bonds is 4. The van der Waals surface area contributed by atoms with Crippen LogP contribution in [-0.2, 0) is 9.59 Å². The molecule has 4 heteroatoms. The quantitative estimate of drug-likeness (QED) is 0.810. The van der Waals surface area contributed by atoms with Gasteiger partial charge in [0.1, 0.15) is 0 Å². The molecule has 0 aromatic carbocycles. The van der Waals surface area contributed by atoms with Crippen LogP contribution in [0.25, 0.3) is 0 Å². The maximum absolute atomic E-state index is 12.8. The largest absolute Gasteiger partial charge is 0.314 e. The van der Waals surface area contributed by atoms with E-state index in [1.165, 1.54) is 0 Å². The Balaban J connectivity index is 1.60. The smallest absolute Gasteiger partial charge is 0.236 e.